The monoisotopic (exact) mass is 458 g/mol. The average Bonchev–Trinajstić information content (AvgIpc) is 3.49. The Kier molecular flexibility index (Phi) is 6.06. The Balaban J connectivity index is 1.71. The van der Waals surface area contributed by atoms with Gasteiger partial charge in [-0.1, -0.05) is 0 Å². The molecule has 1 fully saturated rings. The van der Waals surface area contributed by atoms with Crippen molar-refractivity contribution in [3.8, 4) is 5.75 Å². The van der Waals surface area contributed by atoms with E-state index in [2.05, 4.69) is 20.4 Å². The van der Waals surface area contributed by atoms with E-state index in [4.69, 9.17) is 5.73 Å². The van der Waals surface area contributed by atoms with Gasteiger partial charge in [-0.15, -0.1) is 13.2 Å². The summed E-state index contributed by atoms with van der Waals surface area (Å²) in [4.78, 5) is 26.9. The van der Waals surface area contributed by atoms with Gasteiger partial charge in [-0.3, -0.25) is 9.59 Å². The average molecular weight is 458 g/mol. The summed E-state index contributed by atoms with van der Waals surface area (Å²) in [6.07, 6.45) is -2.23. The van der Waals surface area contributed by atoms with Crippen LogP contribution < -0.4 is 21.1 Å². The van der Waals surface area contributed by atoms with Crippen molar-refractivity contribution in [2.24, 2.45) is 0 Å². The van der Waals surface area contributed by atoms with Gasteiger partial charge in [0.2, 0.25) is 15.7 Å². The molecule has 1 aliphatic rings. The highest BCUT2D eigenvalue weighted by Crippen LogP contribution is 2.27. The van der Waals surface area contributed by atoms with Crippen LogP contribution in [0.5, 0.6) is 5.75 Å². The minimum absolute atomic E-state index is 0.131. The predicted octanol–water partition coefficient (Wildman–Crippen LogP) is 1.40. The number of benzene rings is 1. The molecule has 1 saturated carbocycles. The molecule has 13 heteroatoms. The van der Waals surface area contributed by atoms with Gasteiger partial charge in [0.25, 0.3) is 5.91 Å². The lowest BCUT2D eigenvalue weighted by atomic mass is 10.3. The topological polar surface area (TPSA) is 140 Å². The van der Waals surface area contributed by atoms with Gasteiger partial charge in [0, 0.05) is 12.2 Å². The number of alkyl halides is 3. The van der Waals surface area contributed by atoms with Gasteiger partial charge in [0.1, 0.15) is 5.75 Å². The normalized spacial score (nSPS) is 14.0. The third-order valence-corrected chi connectivity index (χ3v) is 5.87. The molecule has 0 saturated heterocycles. The van der Waals surface area contributed by atoms with Crippen molar-refractivity contribution < 1.29 is 35.9 Å². The first-order valence-corrected chi connectivity index (χ1v) is 10.4. The third kappa shape index (κ3) is 5.84. The van der Waals surface area contributed by atoms with Crippen molar-refractivity contribution in [2.75, 3.05) is 12.3 Å². The number of rotatable bonds is 7. The molecule has 2 aromatic rings. The zero-order chi connectivity index (χ0) is 22.8. The molecule has 0 spiro atoms. The first-order valence-electron chi connectivity index (χ1n) is 8.90. The molecule has 0 radical (unpaired) electrons. The maximum Gasteiger partial charge on any atom is 0.573 e. The van der Waals surface area contributed by atoms with Gasteiger partial charge in [0.05, 0.1) is 22.0 Å². The summed E-state index contributed by atoms with van der Waals surface area (Å²) in [5, 5.41) is 5.02. The van der Waals surface area contributed by atoms with Crippen LogP contribution in [0.1, 0.15) is 23.3 Å². The zero-order valence-corrected chi connectivity index (χ0v) is 16.6. The Morgan fingerprint density at radius 2 is 1.81 bits per heavy atom. The van der Waals surface area contributed by atoms with Crippen molar-refractivity contribution in [3.05, 3.63) is 42.2 Å². The summed E-state index contributed by atoms with van der Waals surface area (Å²) < 4.78 is 65.7. The highest BCUT2D eigenvalue weighted by atomic mass is 32.2. The number of halogens is 3. The van der Waals surface area contributed by atoms with Crippen LogP contribution in [0.3, 0.4) is 0 Å². The molecular weight excluding hydrogens is 441 g/mol. The second-order valence-electron chi connectivity index (χ2n) is 6.66. The number of hydrogen-bond donors (Lipinski definition) is 3. The first-order chi connectivity index (χ1) is 14.5. The fourth-order valence-corrected chi connectivity index (χ4v) is 3.75. The lowest BCUT2D eigenvalue weighted by Crippen LogP contribution is -2.38. The van der Waals surface area contributed by atoms with Crippen LogP contribution >= 0.6 is 0 Å². The van der Waals surface area contributed by atoms with Gasteiger partial charge in [0.15, 0.2) is 5.69 Å². The molecule has 166 valence electrons. The summed E-state index contributed by atoms with van der Waals surface area (Å²) >= 11 is 0. The number of nitrogens with one attached hydrogen (secondary N) is 2. The summed E-state index contributed by atoms with van der Waals surface area (Å²) in [5.74, 6) is -1.71. The Hall–Kier alpha value is -3.35. The number of amides is 2. The number of nitrogen functional groups attached to an aromatic ring is 1. The largest absolute Gasteiger partial charge is 0.573 e. The summed E-state index contributed by atoms with van der Waals surface area (Å²) in [6, 6.07) is 4.71. The van der Waals surface area contributed by atoms with Crippen LogP contribution in [-0.4, -0.2) is 44.2 Å². The second kappa shape index (κ2) is 8.41. The van der Waals surface area contributed by atoms with E-state index < -0.39 is 27.9 Å². The number of hydrogen-bond acceptors (Lipinski definition) is 7. The van der Waals surface area contributed by atoms with Crippen molar-refractivity contribution in [1.29, 1.82) is 0 Å². The van der Waals surface area contributed by atoms with Gasteiger partial charge in [-0.25, -0.2) is 13.4 Å². The van der Waals surface area contributed by atoms with Gasteiger partial charge < -0.3 is 21.1 Å². The number of ether oxygens (including phenoxy) is 1. The number of sulfone groups is 1. The molecule has 0 atom stereocenters. The van der Waals surface area contributed by atoms with E-state index in [0.717, 1.165) is 49.4 Å². The Morgan fingerprint density at radius 1 is 1.16 bits per heavy atom. The van der Waals surface area contributed by atoms with Gasteiger partial charge in [-0.2, -0.15) is 0 Å². The number of aromatic nitrogens is 1. The molecule has 4 N–H and O–H groups in total. The van der Waals surface area contributed by atoms with Crippen LogP contribution in [-0.2, 0) is 14.6 Å². The smallest absolute Gasteiger partial charge is 0.406 e. The molecule has 0 bridgehead atoms. The minimum Gasteiger partial charge on any atom is -0.406 e. The molecule has 1 aliphatic carbocycles. The van der Waals surface area contributed by atoms with Crippen molar-refractivity contribution >= 4 is 27.3 Å². The predicted molar refractivity (Wildman–Crippen MR) is 101 cm³/mol. The quantitative estimate of drug-likeness (QED) is 0.570. The van der Waals surface area contributed by atoms with E-state index in [9.17, 15) is 31.2 Å². The fraction of sp³-hybridized carbons (Fsp3) is 0.278. The molecule has 3 rings (SSSR count). The van der Waals surface area contributed by atoms with E-state index in [1.807, 2.05) is 0 Å². The molecule has 31 heavy (non-hydrogen) atoms. The van der Waals surface area contributed by atoms with Crippen molar-refractivity contribution in [2.45, 2.75) is 35.0 Å². The van der Waals surface area contributed by atoms with Crippen LogP contribution in [0.2, 0.25) is 0 Å². The molecule has 1 heterocycles. The number of nitrogens with two attached hydrogens (primary N) is 1. The number of pyridine rings is 1. The minimum atomic E-state index is -4.91. The number of anilines is 1. The molecule has 9 nitrogen and oxygen atoms in total. The van der Waals surface area contributed by atoms with E-state index in [1.165, 1.54) is 0 Å². The maximum atomic E-state index is 12.7. The number of carbonyl (C=O) groups is 2. The second-order valence-corrected chi connectivity index (χ2v) is 8.61. The van der Waals surface area contributed by atoms with Gasteiger partial charge in [-0.05, 0) is 43.2 Å². The van der Waals surface area contributed by atoms with E-state index in [1.54, 1.807) is 0 Å². The Bertz CT molecular complexity index is 1100. The van der Waals surface area contributed by atoms with E-state index in [-0.39, 0.29) is 39.7 Å². The third-order valence-electron chi connectivity index (χ3n) is 4.14. The van der Waals surface area contributed by atoms with E-state index >= 15 is 0 Å². The molecule has 1 aromatic carbocycles. The summed E-state index contributed by atoms with van der Waals surface area (Å²) in [7, 11) is -4.17. The highest BCUT2D eigenvalue weighted by Gasteiger charge is 2.31. The summed E-state index contributed by atoms with van der Waals surface area (Å²) in [6.45, 7) is -0.289. The first kappa shape index (κ1) is 22.3. The van der Waals surface area contributed by atoms with Gasteiger partial charge >= 0.3 is 6.36 Å². The standard InChI is InChI=1S/C18H17F3N4O5S/c19-18(20,21)30-11-3-5-12(6-4-11)31(28,29)13-7-14(22)16(23-8-13)17(27)24-9-15(26)25-10-1-2-10/h3-8,10H,1-2,9,22H2,(H,24,27)(H,25,26). The molecular formula is C18H17F3N4O5S. The van der Waals surface area contributed by atoms with Crippen LogP contribution in [0, 0.1) is 0 Å². The molecule has 0 aliphatic heterocycles. The van der Waals surface area contributed by atoms with Crippen LogP contribution in [0.4, 0.5) is 18.9 Å². The maximum absolute atomic E-state index is 12.7. The number of nitrogens with zero attached hydrogens (tertiary/aromatic N) is 1. The Morgan fingerprint density at radius 3 is 2.35 bits per heavy atom. The van der Waals surface area contributed by atoms with Crippen LogP contribution in [0.25, 0.3) is 0 Å². The fourth-order valence-electron chi connectivity index (χ4n) is 2.51. The number of carbonyl (C=O) groups excluding carboxylic acids is 2. The molecule has 0 unspecified atom stereocenters. The zero-order valence-electron chi connectivity index (χ0n) is 15.8. The van der Waals surface area contributed by atoms with Crippen molar-refractivity contribution in [1.82, 2.24) is 15.6 Å². The Labute approximate surface area is 174 Å². The lowest BCUT2D eigenvalue weighted by Gasteiger charge is -2.11. The van der Waals surface area contributed by atoms with Crippen molar-refractivity contribution in [3.63, 3.8) is 0 Å². The molecule has 2 amide bonds. The van der Waals surface area contributed by atoms with Crippen LogP contribution in [0.15, 0.2) is 46.3 Å². The highest BCUT2D eigenvalue weighted by molar-refractivity contribution is 7.91. The summed E-state index contributed by atoms with van der Waals surface area (Å²) in [5.41, 5.74) is 5.23. The SMILES string of the molecule is Nc1cc(S(=O)(=O)c2ccc(OC(F)(F)F)cc2)cnc1C(=O)NCC(=O)NC1CC1. The lowest BCUT2D eigenvalue weighted by molar-refractivity contribution is -0.274. The van der Waals surface area contributed by atoms with E-state index in [0.29, 0.717) is 0 Å². The molecule has 1 aromatic heterocycles.